The number of carbonyl (C=O) groups is 2. The van der Waals surface area contributed by atoms with Crippen LogP contribution < -0.4 is 16.6 Å². The van der Waals surface area contributed by atoms with Gasteiger partial charge in [0.2, 0.25) is 5.89 Å². The highest BCUT2D eigenvalue weighted by molar-refractivity contribution is 6.23. The van der Waals surface area contributed by atoms with Crippen LogP contribution in [0.1, 0.15) is 32.2 Å². The van der Waals surface area contributed by atoms with Crippen molar-refractivity contribution in [2.45, 2.75) is 13.8 Å². The van der Waals surface area contributed by atoms with Gasteiger partial charge in [0.15, 0.2) is 0 Å². The van der Waals surface area contributed by atoms with Gasteiger partial charge in [-0.05, 0) is 38.1 Å². The van der Waals surface area contributed by atoms with E-state index in [9.17, 15) is 14.4 Å². The van der Waals surface area contributed by atoms with Gasteiger partial charge in [-0.2, -0.15) is 0 Å². The summed E-state index contributed by atoms with van der Waals surface area (Å²) in [5.41, 5.74) is 7.53. The maximum atomic E-state index is 12.4. The van der Waals surface area contributed by atoms with Crippen molar-refractivity contribution in [3.8, 4) is 17.1 Å². The molecule has 26 heavy (non-hydrogen) atoms. The first-order valence-electron chi connectivity index (χ1n) is 7.83. The molecule has 2 amide bonds. The van der Waals surface area contributed by atoms with Gasteiger partial charge in [0.25, 0.3) is 17.4 Å². The van der Waals surface area contributed by atoms with E-state index in [0.717, 1.165) is 23.1 Å². The third-order valence-corrected chi connectivity index (χ3v) is 4.35. The normalized spacial score (nSPS) is 13.0. The van der Waals surface area contributed by atoms with E-state index in [4.69, 9.17) is 10.2 Å². The van der Waals surface area contributed by atoms with Crippen molar-refractivity contribution in [3.63, 3.8) is 0 Å². The number of rotatable bonds is 2. The van der Waals surface area contributed by atoms with Crippen LogP contribution >= 0.6 is 0 Å². The van der Waals surface area contributed by atoms with Gasteiger partial charge in [0.1, 0.15) is 11.6 Å². The number of nitrogens with zero attached hydrogens (tertiary/aromatic N) is 2. The molecule has 0 unspecified atom stereocenters. The number of benzene rings is 1. The van der Waals surface area contributed by atoms with E-state index in [1.165, 1.54) is 4.57 Å². The Kier molecular flexibility index (Phi) is 3.30. The van der Waals surface area contributed by atoms with Crippen molar-refractivity contribution in [1.82, 2.24) is 14.9 Å². The number of hydrogen-bond donors (Lipinski definition) is 2. The average molecular weight is 350 g/mol. The van der Waals surface area contributed by atoms with Crippen LogP contribution in [0.4, 0.5) is 5.82 Å². The Balaban J connectivity index is 1.82. The van der Waals surface area contributed by atoms with Crippen LogP contribution in [0.3, 0.4) is 0 Å². The highest BCUT2D eigenvalue weighted by Gasteiger charge is 2.31. The fraction of sp³-hybridized carbons (Fsp3) is 0.111. The van der Waals surface area contributed by atoms with Crippen LogP contribution in [0.5, 0.6) is 0 Å². The van der Waals surface area contributed by atoms with Gasteiger partial charge in [0.05, 0.1) is 22.5 Å². The quantitative estimate of drug-likeness (QED) is 0.677. The minimum atomic E-state index is -0.620. The summed E-state index contributed by atoms with van der Waals surface area (Å²) in [5, 5.41) is 2.14. The van der Waals surface area contributed by atoms with Crippen LogP contribution in [-0.2, 0) is 0 Å². The van der Waals surface area contributed by atoms with Crippen molar-refractivity contribution in [1.29, 1.82) is 0 Å². The fourth-order valence-electron chi connectivity index (χ4n) is 2.89. The Morgan fingerprint density at radius 2 is 1.77 bits per heavy atom. The maximum absolute atomic E-state index is 12.4. The summed E-state index contributed by atoms with van der Waals surface area (Å²) >= 11 is 0. The van der Waals surface area contributed by atoms with Gasteiger partial charge in [0, 0.05) is 11.6 Å². The number of nitrogen functional groups attached to an aromatic ring is 1. The summed E-state index contributed by atoms with van der Waals surface area (Å²) in [6.07, 6.45) is 0. The Bertz CT molecular complexity index is 1120. The predicted molar refractivity (Wildman–Crippen MR) is 93.2 cm³/mol. The number of imide groups is 1. The molecule has 3 aromatic rings. The third kappa shape index (κ3) is 2.23. The summed E-state index contributed by atoms with van der Waals surface area (Å²) in [6.45, 7) is 3.69. The smallest absolute Gasteiger partial charge is 0.262 e. The molecule has 1 aromatic carbocycles. The molecule has 0 radical (unpaired) electrons. The SMILES string of the molecule is Cc1nc(-c2ccc(-n3c(N)c4c(cc3=O)C(=O)NC4=O)cc2)oc1C. The number of aryl methyl sites for hydroxylation is 2. The lowest BCUT2D eigenvalue weighted by Gasteiger charge is -2.12. The summed E-state index contributed by atoms with van der Waals surface area (Å²) in [7, 11) is 0. The molecule has 8 nitrogen and oxygen atoms in total. The van der Waals surface area contributed by atoms with Crippen molar-refractivity contribution in [2.75, 3.05) is 5.73 Å². The Labute approximate surface area is 147 Å². The van der Waals surface area contributed by atoms with Crippen LogP contribution in [0.25, 0.3) is 17.1 Å². The second kappa shape index (κ2) is 5.41. The zero-order chi connectivity index (χ0) is 18.6. The Hall–Kier alpha value is -3.68. The number of fused-ring (bicyclic) bond motifs is 1. The monoisotopic (exact) mass is 350 g/mol. The number of oxazole rings is 1. The van der Waals surface area contributed by atoms with Crippen molar-refractivity contribution in [2.24, 2.45) is 0 Å². The van der Waals surface area contributed by atoms with Crippen molar-refractivity contribution in [3.05, 3.63) is 63.3 Å². The van der Waals surface area contributed by atoms with Gasteiger partial charge >= 0.3 is 0 Å². The highest BCUT2D eigenvalue weighted by Crippen LogP contribution is 2.25. The Morgan fingerprint density at radius 3 is 2.38 bits per heavy atom. The minimum absolute atomic E-state index is 0.00361. The van der Waals surface area contributed by atoms with Gasteiger partial charge in [-0.25, -0.2) is 4.98 Å². The summed E-state index contributed by atoms with van der Waals surface area (Å²) < 4.78 is 6.77. The van der Waals surface area contributed by atoms with E-state index in [0.29, 0.717) is 11.6 Å². The summed E-state index contributed by atoms with van der Waals surface area (Å²) in [6, 6.07) is 7.93. The number of anilines is 1. The lowest BCUT2D eigenvalue weighted by molar-refractivity contribution is 0.0880. The number of carbonyl (C=O) groups excluding carboxylic acids is 2. The molecular formula is C18H14N4O4. The number of hydrogen-bond acceptors (Lipinski definition) is 6. The van der Waals surface area contributed by atoms with Gasteiger partial charge in [-0.3, -0.25) is 24.3 Å². The topological polar surface area (TPSA) is 120 Å². The fourth-order valence-corrected chi connectivity index (χ4v) is 2.89. The van der Waals surface area contributed by atoms with E-state index in [-0.39, 0.29) is 16.9 Å². The lowest BCUT2D eigenvalue weighted by atomic mass is 10.1. The molecule has 3 heterocycles. The molecule has 130 valence electrons. The maximum Gasteiger partial charge on any atom is 0.262 e. The number of nitrogens with two attached hydrogens (primary N) is 1. The van der Waals surface area contributed by atoms with E-state index >= 15 is 0 Å². The molecule has 0 atom stereocenters. The molecule has 1 aliphatic heterocycles. The molecule has 1 aliphatic rings. The van der Waals surface area contributed by atoms with Crippen LogP contribution in [-0.4, -0.2) is 21.4 Å². The van der Waals surface area contributed by atoms with Crippen LogP contribution in [0, 0.1) is 13.8 Å². The lowest BCUT2D eigenvalue weighted by Crippen LogP contribution is -2.24. The molecule has 2 aromatic heterocycles. The molecule has 0 bridgehead atoms. The van der Waals surface area contributed by atoms with Crippen molar-refractivity contribution >= 4 is 17.6 Å². The van der Waals surface area contributed by atoms with Gasteiger partial charge in [-0.15, -0.1) is 0 Å². The van der Waals surface area contributed by atoms with Gasteiger partial charge in [-0.1, -0.05) is 0 Å². The van der Waals surface area contributed by atoms with E-state index < -0.39 is 17.4 Å². The van der Waals surface area contributed by atoms with Gasteiger partial charge < -0.3 is 10.2 Å². The zero-order valence-corrected chi connectivity index (χ0v) is 14.0. The standard InChI is InChI=1S/C18H14N4O4/c1-8-9(2)26-18(20-8)10-3-5-11(6-4-10)22-13(23)7-12-14(15(22)19)17(25)21-16(12)24/h3-7H,19H2,1-2H3,(H,21,24,25). The number of pyridine rings is 1. The average Bonchev–Trinajstić information content (AvgIpc) is 3.07. The van der Waals surface area contributed by atoms with E-state index in [1.54, 1.807) is 24.3 Å². The van der Waals surface area contributed by atoms with Crippen molar-refractivity contribution < 1.29 is 14.0 Å². The second-order valence-corrected chi connectivity index (χ2v) is 5.98. The van der Waals surface area contributed by atoms with Crippen LogP contribution in [0.2, 0.25) is 0 Å². The summed E-state index contributed by atoms with van der Waals surface area (Å²) in [5.74, 6) is -0.0967. The molecule has 0 aliphatic carbocycles. The number of nitrogens with one attached hydrogen (secondary N) is 1. The molecule has 4 rings (SSSR count). The van der Waals surface area contributed by atoms with Crippen LogP contribution in [0.15, 0.2) is 39.5 Å². The first kappa shape index (κ1) is 15.8. The van der Waals surface area contributed by atoms with E-state index in [2.05, 4.69) is 10.3 Å². The molecule has 0 fully saturated rings. The third-order valence-electron chi connectivity index (χ3n) is 4.35. The molecular weight excluding hydrogens is 336 g/mol. The largest absolute Gasteiger partial charge is 0.441 e. The number of amides is 2. The molecule has 3 N–H and O–H groups in total. The zero-order valence-electron chi connectivity index (χ0n) is 14.0. The molecule has 0 saturated carbocycles. The predicted octanol–water partition coefficient (Wildman–Crippen LogP) is 1.58. The molecule has 8 heteroatoms. The number of aromatic nitrogens is 2. The summed E-state index contributed by atoms with van der Waals surface area (Å²) in [4.78, 5) is 40.4. The highest BCUT2D eigenvalue weighted by atomic mass is 16.4. The van der Waals surface area contributed by atoms with E-state index in [1.807, 2.05) is 13.8 Å². The second-order valence-electron chi connectivity index (χ2n) is 5.98. The Morgan fingerprint density at radius 1 is 1.08 bits per heavy atom. The minimum Gasteiger partial charge on any atom is -0.441 e. The molecule has 0 spiro atoms. The first-order chi connectivity index (χ1) is 12.4. The molecule has 0 saturated heterocycles. The first-order valence-corrected chi connectivity index (χ1v) is 7.83.